The van der Waals surface area contributed by atoms with E-state index >= 15 is 0 Å². The van der Waals surface area contributed by atoms with E-state index in [4.69, 9.17) is 23.4 Å². The number of hydrogen-bond donors (Lipinski definition) is 0. The Labute approximate surface area is 239 Å². The van der Waals surface area contributed by atoms with Gasteiger partial charge in [0.1, 0.15) is 29.6 Å². The molecule has 11 heteroatoms. The highest BCUT2D eigenvalue weighted by Crippen LogP contribution is 2.41. The molecule has 1 aromatic heterocycles. The molecule has 42 heavy (non-hydrogen) atoms. The minimum absolute atomic E-state index is 0.0721. The molecule has 4 aromatic rings. The maximum Gasteiger partial charge on any atom is 0.453 e. The van der Waals surface area contributed by atoms with E-state index < -0.39 is 29.1 Å². The quantitative estimate of drug-likeness (QED) is 0.205. The van der Waals surface area contributed by atoms with Gasteiger partial charge in [0, 0.05) is 13.1 Å². The summed E-state index contributed by atoms with van der Waals surface area (Å²) in [6, 6.07) is 15.8. The van der Waals surface area contributed by atoms with Gasteiger partial charge in [0.15, 0.2) is 0 Å². The number of carbonyl (C=O) groups excluding carboxylic acids is 1. The first-order valence-corrected chi connectivity index (χ1v) is 13.3. The van der Waals surface area contributed by atoms with Crippen LogP contribution in [0.1, 0.15) is 40.6 Å². The van der Waals surface area contributed by atoms with Crippen molar-refractivity contribution < 1.29 is 41.3 Å². The SMILES string of the molecule is CCCOC(=O)c1ccc(Oc2c(C(F)(F)F)oc3c4c(ccc3c2=O)OCN(CCc2ccc(OC)cc2)C4)cc1. The summed E-state index contributed by atoms with van der Waals surface area (Å²) in [5, 5.41) is -0.0721. The standard InChI is InChI=1S/C31H28F3NO7/c1-3-16-39-30(37)20-6-10-22(11-7-20)41-28-26(36)23-12-13-25-24(27(23)42-29(28)31(32,33)34)17-35(18-40-25)15-14-19-4-8-21(38-2)9-5-19/h4-13H,3,14-18H2,1-2H3. The molecule has 0 unspecified atom stereocenters. The van der Waals surface area contributed by atoms with Gasteiger partial charge in [-0.1, -0.05) is 19.1 Å². The molecule has 0 atom stereocenters. The number of esters is 1. The third kappa shape index (κ3) is 6.20. The van der Waals surface area contributed by atoms with Gasteiger partial charge in [-0.05, 0) is 66.9 Å². The number of hydrogen-bond acceptors (Lipinski definition) is 8. The molecule has 1 aliphatic rings. The zero-order chi connectivity index (χ0) is 29.9. The Morgan fingerprint density at radius 2 is 1.71 bits per heavy atom. The summed E-state index contributed by atoms with van der Waals surface area (Å²) in [6.07, 6.45) is -3.72. The van der Waals surface area contributed by atoms with Crippen molar-refractivity contribution in [2.75, 3.05) is 27.0 Å². The van der Waals surface area contributed by atoms with Crippen LogP contribution in [0.2, 0.25) is 0 Å². The Bertz CT molecular complexity index is 1630. The molecule has 0 fully saturated rings. The van der Waals surface area contributed by atoms with E-state index in [1.54, 1.807) is 13.2 Å². The largest absolute Gasteiger partial charge is 0.497 e. The van der Waals surface area contributed by atoms with E-state index in [9.17, 15) is 22.8 Å². The second kappa shape index (κ2) is 12.2. The number of halogens is 3. The number of alkyl halides is 3. The van der Waals surface area contributed by atoms with Crippen molar-refractivity contribution >= 4 is 16.9 Å². The van der Waals surface area contributed by atoms with Crippen LogP contribution in [0.5, 0.6) is 23.0 Å². The third-order valence-corrected chi connectivity index (χ3v) is 6.74. The van der Waals surface area contributed by atoms with Crippen molar-refractivity contribution in [3.8, 4) is 23.0 Å². The molecule has 0 N–H and O–H groups in total. The molecule has 3 aromatic carbocycles. The van der Waals surface area contributed by atoms with Gasteiger partial charge in [0.25, 0.3) is 5.76 Å². The smallest absolute Gasteiger partial charge is 0.453 e. The van der Waals surface area contributed by atoms with E-state index in [1.807, 2.05) is 36.1 Å². The number of rotatable bonds is 9. The van der Waals surface area contributed by atoms with Crippen LogP contribution < -0.4 is 19.6 Å². The molecule has 0 spiro atoms. The predicted molar refractivity (Wildman–Crippen MR) is 147 cm³/mol. The van der Waals surface area contributed by atoms with E-state index in [0.717, 1.165) is 11.3 Å². The lowest BCUT2D eigenvalue weighted by Crippen LogP contribution is -2.34. The number of carbonyl (C=O) groups is 1. The summed E-state index contributed by atoms with van der Waals surface area (Å²) in [4.78, 5) is 27.4. The second-order valence-electron chi connectivity index (χ2n) is 9.69. The van der Waals surface area contributed by atoms with Crippen LogP contribution in [0.25, 0.3) is 11.0 Å². The maximum atomic E-state index is 14.2. The monoisotopic (exact) mass is 583 g/mol. The summed E-state index contributed by atoms with van der Waals surface area (Å²) in [6.45, 7) is 3.09. The van der Waals surface area contributed by atoms with Gasteiger partial charge in [-0.3, -0.25) is 9.69 Å². The average molecular weight is 584 g/mol. The molecule has 2 heterocycles. The molecule has 0 amide bonds. The van der Waals surface area contributed by atoms with Gasteiger partial charge in [-0.15, -0.1) is 0 Å². The van der Waals surface area contributed by atoms with Gasteiger partial charge in [0.05, 0.1) is 30.2 Å². The molecular formula is C31H28F3NO7. The van der Waals surface area contributed by atoms with Crippen LogP contribution in [-0.2, 0) is 23.9 Å². The Morgan fingerprint density at radius 1 is 1.00 bits per heavy atom. The molecule has 0 bridgehead atoms. The summed E-state index contributed by atoms with van der Waals surface area (Å²) in [5.74, 6) is -2.12. The predicted octanol–water partition coefficient (Wildman–Crippen LogP) is 6.57. The maximum absolute atomic E-state index is 14.2. The Balaban J connectivity index is 1.43. The van der Waals surface area contributed by atoms with Gasteiger partial charge >= 0.3 is 12.1 Å². The van der Waals surface area contributed by atoms with E-state index in [1.165, 1.54) is 30.3 Å². The number of fused-ring (bicyclic) bond motifs is 3. The van der Waals surface area contributed by atoms with Crippen molar-refractivity contribution in [1.82, 2.24) is 4.90 Å². The molecular weight excluding hydrogens is 555 g/mol. The fourth-order valence-corrected chi connectivity index (χ4v) is 4.55. The van der Waals surface area contributed by atoms with Crippen molar-refractivity contribution in [1.29, 1.82) is 0 Å². The fraction of sp³-hybridized carbons (Fsp3) is 0.290. The molecule has 1 aliphatic heterocycles. The fourth-order valence-electron chi connectivity index (χ4n) is 4.55. The van der Waals surface area contributed by atoms with Crippen LogP contribution in [0.3, 0.4) is 0 Å². The minimum Gasteiger partial charge on any atom is -0.497 e. The lowest BCUT2D eigenvalue weighted by Gasteiger charge is -2.29. The minimum atomic E-state index is -5.03. The molecule has 0 aliphatic carbocycles. The Kier molecular flexibility index (Phi) is 8.39. The van der Waals surface area contributed by atoms with Crippen molar-refractivity contribution in [2.45, 2.75) is 32.5 Å². The summed E-state index contributed by atoms with van der Waals surface area (Å²) in [5.41, 5.74) is 0.407. The second-order valence-corrected chi connectivity index (χ2v) is 9.69. The van der Waals surface area contributed by atoms with E-state index in [-0.39, 0.29) is 42.2 Å². The molecule has 8 nitrogen and oxygen atoms in total. The lowest BCUT2D eigenvalue weighted by atomic mass is 10.1. The molecule has 220 valence electrons. The van der Waals surface area contributed by atoms with Crippen LogP contribution in [-0.4, -0.2) is 37.9 Å². The lowest BCUT2D eigenvalue weighted by molar-refractivity contribution is -0.154. The number of ether oxygens (including phenoxy) is 4. The number of benzene rings is 3. The topological polar surface area (TPSA) is 87.4 Å². The highest BCUT2D eigenvalue weighted by molar-refractivity contribution is 5.89. The van der Waals surface area contributed by atoms with Gasteiger partial charge in [-0.25, -0.2) is 4.79 Å². The Morgan fingerprint density at radius 3 is 2.38 bits per heavy atom. The zero-order valence-electron chi connectivity index (χ0n) is 23.0. The normalized spacial score (nSPS) is 13.4. The molecule has 5 rings (SSSR count). The van der Waals surface area contributed by atoms with Crippen LogP contribution in [0.15, 0.2) is 69.9 Å². The van der Waals surface area contributed by atoms with Gasteiger partial charge < -0.3 is 23.4 Å². The highest BCUT2D eigenvalue weighted by atomic mass is 19.4. The molecule has 0 radical (unpaired) electrons. The number of methoxy groups -OCH3 is 1. The van der Waals surface area contributed by atoms with Gasteiger partial charge in [-0.2, -0.15) is 13.2 Å². The first-order chi connectivity index (χ1) is 20.2. The van der Waals surface area contributed by atoms with Crippen LogP contribution in [0.4, 0.5) is 13.2 Å². The average Bonchev–Trinajstić information content (AvgIpc) is 2.99. The van der Waals surface area contributed by atoms with Gasteiger partial charge in [0.2, 0.25) is 11.2 Å². The molecule has 0 saturated heterocycles. The first-order valence-electron chi connectivity index (χ1n) is 13.3. The first kappa shape index (κ1) is 29.0. The van der Waals surface area contributed by atoms with Crippen molar-refractivity contribution in [3.05, 3.63) is 93.3 Å². The molecule has 0 saturated carbocycles. The zero-order valence-corrected chi connectivity index (χ0v) is 23.0. The van der Waals surface area contributed by atoms with Crippen LogP contribution in [0, 0.1) is 0 Å². The summed E-state index contributed by atoms with van der Waals surface area (Å²) < 4.78 is 69.5. The summed E-state index contributed by atoms with van der Waals surface area (Å²) in [7, 11) is 1.59. The van der Waals surface area contributed by atoms with Crippen LogP contribution >= 0.6 is 0 Å². The summed E-state index contributed by atoms with van der Waals surface area (Å²) >= 11 is 0. The Hall–Kier alpha value is -4.51. The third-order valence-electron chi connectivity index (χ3n) is 6.74. The van der Waals surface area contributed by atoms with E-state index in [0.29, 0.717) is 30.7 Å². The van der Waals surface area contributed by atoms with E-state index in [2.05, 4.69) is 0 Å². The van der Waals surface area contributed by atoms with Crippen molar-refractivity contribution in [3.63, 3.8) is 0 Å². The number of nitrogens with zero attached hydrogens (tertiary/aromatic N) is 1. The van der Waals surface area contributed by atoms with Crippen molar-refractivity contribution in [2.24, 2.45) is 0 Å². The highest BCUT2D eigenvalue weighted by Gasteiger charge is 2.41.